The monoisotopic (exact) mass is 431 g/mol. The second kappa shape index (κ2) is 7.98. The van der Waals surface area contributed by atoms with Crippen molar-refractivity contribution in [1.82, 2.24) is 0 Å². The van der Waals surface area contributed by atoms with Gasteiger partial charge in [0, 0.05) is 25.5 Å². The van der Waals surface area contributed by atoms with Crippen molar-refractivity contribution >= 4 is 35.6 Å². The van der Waals surface area contributed by atoms with E-state index in [2.05, 4.69) is 10.3 Å². The Balaban J connectivity index is 0.00000242. The van der Waals surface area contributed by atoms with E-state index in [1.165, 1.54) is 0 Å². The number of alkyl halides is 2. The van der Waals surface area contributed by atoms with E-state index in [0.717, 1.165) is 18.2 Å². The van der Waals surface area contributed by atoms with Crippen LogP contribution in [0.15, 0.2) is 23.2 Å². The van der Waals surface area contributed by atoms with Crippen LogP contribution < -0.4 is 11.1 Å². The van der Waals surface area contributed by atoms with Gasteiger partial charge in [-0.25, -0.2) is 17.6 Å². The standard InChI is InChI=1S/C14H17F4N3.HI/c15-10-1-2-11(16)12(7-10)21-13(19)20-8-9-3-5-14(17,18)6-4-9;/h1-2,7,9H,3-6,8H2,(H3,19,20,21);1H. The van der Waals surface area contributed by atoms with Gasteiger partial charge in [0.15, 0.2) is 5.96 Å². The van der Waals surface area contributed by atoms with Crippen LogP contribution in [-0.2, 0) is 0 Å². The van der Waals surface area contributed by atoms with Gasteiger partial charge in [-0.05, 0) is 30.9 Å². The van der Waals surface area contributed by atoms with Crippen LogP contribution in [0.4, 0.5) is 23.2 Å². The summed E-state index contributed by atoms with van der Waals surface area (Å²) in [6, 6.07) is 2.95. The van der Waals surface area contributed by atoms with Gasteiger partial charge in [0.1, 0.15) is 11.6 Å². The largest absolute Gasteiger partial charge is 0.370 e. The van der Waals surface area contributed by atoms with Crippen molar-refractivity contribution < 1.29 is 17.6 Å². The molecule has 8 heteroatoms. The lowest BCUT2D eigenvalue weighted by molar-refractivity contribution is -0.0446. The fourth-order valence-corrected chi connectivity index (χ4v) is 2.28. The van der Waals surface area contributed by atoms with Gasteiger partial charge in [-0.1, -0.05) is 0 Å². The third-order valence-electron chi connectivity index (χ3n) is 3.55. The van der Waals surface area contributed by atoms with E-state index in [-0.39, 0.29) is 54.4 Å². The zero-order valence-corrected chi connectivity index (χ0v) is 14.1. The molecule has 1 fully saturated rings. The molecule has 0 radical (unpaired) electrons. The summed E-state index contributed by atoms with van der Waals surface area (Å²) in [7, 11) is 0. The van der Waals surface area contributed by atoms with Gasteiger partial charge in [0.05, 0.1) is 5.69 Å². The Hall–Kier alpha value is -1.06. The van der Waals surface area contributed by atoms with Crippen LogP contribution in [0.5, 0.6) is 0 Å². The van der Waals surface area contributed by atoms with Crippen molar-refractivity contribution in [3.8, 4) is 0 Å². The van der Waals surface area contributed by atoms with Crippen LogP contribution in [0.2, 0.25) is 0 Å². The SMILES string of the molecule is I.NC(=NCC1CCC(F)(F)CC1)Nc1cc(F)ccc1F. The summed E-state index contributed by atoms with van der Waals surface area (Å²) < 4.78 is 52.4. The van der Waals surface area contributed by atoms with Gasteiger partial charge in [0.2, 0.25) is 5.92 Å². The zero-order valence-electron chi connectivity index (χ0n) is 11.8. The topological polar surface area (TPSA) is 50.4 Å². The molecule has 1 aliphatic rings. The molecule has 0 aromatic heterocycles. The van der Waals surface area contributed by atoms with Crippen molar-refractivity contribution in [1.29, 1.82) is 0 Å². The van der Waals surface area contributed by atoms with Crippen LogP contribution in [0.3, 0.4) is 0 Å². The van der Waals surface area contributed by atoms with Gasteiger partial charge in [-0.2, -0.15) is 0 Å². The molecule has 2 rings (SSSR count). The second-order valence-corrected chi connectivity index (χ2v) is 5.27. The number of rotatable bonds is 3. The van der Waals surface area contributed by atoms with E-state index in [1.54, 1.807) is 0 Å². The lowest BCUT2D eigenvalue weighted by Crippen LogP contribution is -2.28. The molecule has 1 aromatic carbocycles. The highest BCUT2D eigenvalue weighted by molar-refractivity contribution is 14.0. The van der Waals surface area contributed by atoms with Crippen molar-refractivity contribution in [2.75, 3.05) is 11.9 Å². The fourth-order valence-electron chi connectivity index (χ4n) is 2.28. The molecule has 3 nitrogen and oxygen atoms in total. The normalized spacial score (nSPS) is 18.6. The summed E-state index contributed by atoms with van der Waals surface area (Å²) in [5, 5.41) is 2.47. The lowest BCUT2D eigenvalue weighted by atomic mass is 9.87. The van der Waals surface area contributed by atoms with Gasteiger partial charge in [-0.15, -0.1) is 24.0 Å². The number of aliphatic imine (C=N–C) groups is 1. The smallest absolute Gasteiger partial charge is 0.248 e. The number of anilines is 1. The molecule has 0 atom stereocenters. The van der Waals surface area contributed by atoms with Crippen molar-refractivity contribution in [3.05, 3.63) is 29.8 Å². The molecule has 0 aliphatic heterocycles. The molecule has 0 spiro atoms. The summed E-state index contributed by atoms with van der Waals surface area (Å²) in [6.07, 6.45) is 0.494. The fraction of sp³-hybridized carbons (Fsp3) is 0.500. The molecule has 1 aliphatic carbocycles. The third kappa shape index (κ3) is 5.62. The van der Waals surface area contributed by atoms with E-state index in [0.29, 0.717) is 19.4 Å². The molecule has 1 saturated carbocycles. The molecule has 0 unspecified atom stereocenters. The quantitative estimate of drug-likeness (QED) is 0.327. The average molecular weight is 431 g/mol. The lowest BCUT2D eigenvalue weighted by Gasteiger charge is -2.27. The van der Waals surface area contributed by atoms with E-state index >= 15 is 0 Å². The number of nitrogens with two attached hydrogens (primary N) is 1. The zero-order chi connectivity index (χ0) is 15.5. The van der Waals surface area contributed by atoms with Crippen LogP contribution in [0.1, 0.15) is 25.7 Å². The maximum atomic E-state index is 13.4. The maximum Gasteiger partial charge on any atom is 0.248 e. The van der Waals surface area contributed by atoms with Gasteiger partial charge in [0.25, 0.3) is 0 Å². The van der Waals surface area contributed by atoms with Gasteiger partial charge in [-0.3, -0.25) is 4.99 Å². The molecule has 22 heavy (non-hydrogen) atoms. The summed E-state index contributed by atoms with van der Waals surface area (Å²) >= 11 is 0. The summed E-state index contributed by atoms with van der Waals surface area (Å²) in [5.74, 6) is -3.83. The second-order valence-electron chi connectivity index (χ2n) is 5.27. The Morgan fingerprint density at radius 2 is 1.91 bits per heavy atom. The first-order valence-corrected chi connectivity index (χ1v) is 6.75. The van der Waals surface area contributed by atoms with Crippen LogP contribution in [0.25, 0.3) is 0 Å². The Bertz CT molecular complexity index is 527. The molecule has 124 valence electrons. The Labute approximate surface area is 143 Å². The molecular weight excluding hydrogens is 413 g/mol. The van der Waals surface area contributed by atoms with E-state index in [4.69, 9.17) is 5.73 Å². The Kier molecular flexibility index (Phi) is 6.89. The van der Waals surface area contributed by atoms with Crippen LogP contribution in [0, 0.1) is 17.6 Å². The number of benzene rings is 1. The molecular formula is C14H18F4IN3. The molecule has 0 amide bonds. The van der Waals surface area contributed by atoms with Crippen molar-refractivity contribution in [2.45, 2.75) is 31.6 Å². The number of halogens is 5. The van der Waals surface area contributed by atoms with E-state index < -0.39 is 17.6 Å². The minimum absolute atomic E-state index is 0. The number of guanidine groups is 1. The molecule has 3 N–H and O–H groups in total. The van der Waals surface area contributed by atoms with Gasteiger partial charge >= 0.3 is 0 Å². The molecule has 1 aromatic rings. The number of hydrogen-bond donors (Lipinski definition) is 2. The minimum Gasteiger partial charge on any atom is -0.370 e. The summed E-state index contributed by atoms with van der Waals surface area (Å²) in [5.41, 5.74) is 5.49. The summed E-state index contributed by atoms with van der Waals surface area (Å²) in [6.45, 7) is 0.297. The first-order chi connectivity index (χ1) is 9.85. The maximum absolute atomic E-state index is 13.4. The Morgan fingerprint density at radius 1 is 1.27 bits per heavy atom. The first-order valence-electron chi connectivity index (χ1n) is 6.75. The highest BCUT2D eigenvalue weighted by Gasteiger charge is 2.34. The van der Waals surface area contributed by atoms with E-state index in [1.807, 2.05) is 0 Å². The highest BCUT2D eigenvalue weighted by Crippen LogP contribution is 2.36. The van der Waals surface area contributed by atoms with E-state index in [9.17, 15) is 17.6 Å². The average Bonchev–Trinajstić information content (AvgIpc) is 2.42. The summed E-state index contributed by atoms with van der Waals surface area (Å²) in [4.78, 5) is 4.01. The number of nitrogens with zero attached hydrogens (tertiary/aromatic N) is 1. The minimum atomic E-state index is -2.57. The number of hydrogen-bond acceptors (Lipinski definition) is 1. The van der Waals surface area contributed by atoms with Crippen molar-refractivity contribution in [2.24, 2.45) is 16.6 Å². The molecule has 0 heterocycles. The molecule has 0 saturated heterocycles. The third-order valence-corrected chi connectivity index (χ3v) is 3.55. The Morgan fingerprint density at radius 3 is 2.55 bits per heavy atom. The molecule has 0 bridgehead atoms. The number of nitrogens with one attached hydrogen (secondary N) is 1. The van der Waals surface area contributed by atoms with Crippen LogP contribution >= 0.6 is 24.0 Å². The van der Waals surface area contributed by atoms with Crippen LogP contribution in [-0.4, -0.2) is 18.4 Å². The predicted molar refractivity (Wildman–Crippen MR) is 88.8 cm³/mol. The van der Waals surface area contributed by atoms with Gasteiger partial charge < -0.3 is 11.1 Å². The van der Waals surface area contributed by atoms with Crippen molar-refractivity contribution in [3.63, 3.8) is 0 Å². The first kappa shape index (κ1) is 19.0. The highest BCUT2D eigenvalue weighted by atomic mass is 127. The predicted octanol–water partition coefficient (Wildman–Crippen LogP) is 4.13.